The summed E-state index contributed by atoms with van der Waals surface area (Å²) < 4.78 is 0. The molecule has 20 heavy (non-hydrogen) atoms. The second kappa shape index (κ2) is 7.41. The van der Waals surface area contributed by atoms with Gasteiger partial charge < -0.3 is 16.0 Å². The van der Waals surface area contributed by atoms with Crippen molar-refractivity contribution in [2.45, 2.75) is 64.3 Å². The van der Waals surface area contributed by atoms with Crippen molar-refractivity contribution < 1.29 is 4.79 Å². The number of nitrogens with one attached hydrogen (secondary N) is 1. The number of carbonyl (C=O) groups is 1. The Balaban J connectivity index is 1.75. The number of nitrogens with two attached hydrogens (primary N) is 1. The number of nitrogens with zero attached hydrogens (tertiary/aromatic N) is 1. The number of hydrogen-bond donors (Lipinski definition) is 2. The van der Waals surface area contributed by atoms with E-state index in [1.807, 2.05) is 0 Å². The predicted molar refractivity (Wildman–Crippen MR) is 82.5 cm³/mol. The molecular weight excluding hydrogens is 250 g/mol. The highest BCUT2D eigenvalue weighted by Crippen LogP contribution is 2.38. The maximum absolute atomic E-state index is 12.3. The SMILES string of the molecule is CC(CN1CCCC1)NC(=O)CC1(CN)CCCCC1. The lowest BCUT2D eigenvalue weighted by Gasteiger charge is -2.36. The monoisotopic (exact) mass is 281 g/mol. The Morgan fingerprint density at radius 2 is 1.85 bits per heavy atom. The van der Waals surface area contributed by atoms with Crippen molar-refractivity contribution >= 4 is 5.91 Å². The summed E-state index contributed by atoms with van der Waals surface area (Å²) in [4.78, 5) is 14.7. The Labute approximate surface area is 123 Å². The maximum atomic E-state index is 12.3. The summed E-state index contributed by atoms with van der Waals surface area (Å²) in [6, 6.07) is 0.249. The minimum absolute atomic E-state index is 0.0791. The van der Waals surface area contributed by atoms with Crippen LogP contribution >= 0.6 is 0 Å². The predicted octanol–water partition coefficient (Wildman–Crippen LogP) is 1.89. The smallest absolute Gasteiger partial charge is 0.220 e. The Morgan fingerprint density at radius 3 is 2.45 bits per heavy atom. The van der Waals surface area contributed by atoms with Gasteiger partial charge in [0.25, 0.3) is 0 Å². The number of likely N-dealkylation sites (tertiary alicyclic amines) is 1. The highest BCUT2D eigenvalue weighted by molar-refractivity contribution is 5.77. The average molecular weight is 281 g/mol. The number of rotatable bonds is 6. The Morgan fingerprint density at radius 1 is 1.20 bits per heavy atom. The van der Waals surface area contributed by atoms with Crippen LogP contribution < -0.4 is 11.1 Å². The van der Waals surface area contributed by atoms with Crippen LogP contribution in [0.2, 0.25) is 0 Å². The fraction of sp³-hybridized carbons (Fsp3) is 0.938. The van der Waals surface area contributed by atoms with Crippen LogP contribution in [0.3, 0.4) is 0 Å². The summed E-state index contributed by atoms with van der Waals surface area (Å²) in [5.41, 5.74) is 6.04. The summed E-state index contributed by atoms with van der Waals surface area (Å²) in [6.45, 7) is 6.13. The molecule has 2 rings (SSSR count). The lowest BCUT2D eigenvalue weighted by Crippen LogP contribution is -2.44. The van der Waals surface area contributed by atoms with E-state index in [0.29, 0.717) is 13.0 Å². The van der Waals surface area contributed by atoms with Gasteiger partial charge in [-0.25, -0.2) is 0 Å². The van der Waals surface area contributed by atoms with E-state index in [1.54, 1.807) is 0 Å². The van der Waals surface area contributed by atoms with Crippen molar-refractivity contribution in [3.63, 3.8) is 0 Å². The minimum atomic E-state index is 0.0791. The van der Waals surface area contributed by atoms with Gasteiger partial charge in [-0.05, 0) is 57.7 Å². The molecule has 0 bridgehead atoms. The van der Waals surface area contributed by atoms with Gasteiger partial charge >= 0.3 is 0 Å². The molecule has 1 heterocycles. The van der Waals surface area contributed by atoms with Crippen LogP contribution in [-0.2, 0) is 4.79 Å². The van der Waals surface area contributed by atoms with Gasteiger partial charge in [0.15, 0.2) is 0 Å². The molecule has 1 saturated heterocycles. The first-order valence-electron chi connectivity index (χ1n) is 8.35. The molecular formula is C16H31N3O. The van der Waals surface area contributed by atoms with E-state index < -0.39 is 0 Å². The molecule has 0 aromatic carbocycles. The van der Waals surface area contributed by atoms with Crippen molar-refractivity contribution in [1.82, 2.24) is 10.2 Å². The average Bonchev–Trinajstić information content (AvgIpc) is 2.92. The van der Waals surface area contributed by atoms with E-state index in [4.69, 9.17) is 5.73 Å². The zero-order chi connectivity index (χ0) is 14.4. The zero-order valence-corrected chi connectivity index (χ0v) is 13.0. The lowest BCUT2D eigenvalue weighted by atomic mass is 9.71. The van der Waals surface area contributed by atoms with Gasteiger partial charge in [0, 0.05) is 19.0 Å². The summed E-state index contributed by atoms with van der Waals surface area (Å²) in [5, 5.41) is 3.18. The highest BCUT2D eigenvalue weighted by Gasteiger charge is 2.33. The first kappa shape index (κ1) is 15.8. The van der Waals surface area contributed by atoms with E-state index >= 15 is 0 Å². The fourth-order valence-electron chi connectivity index (χ4n) is 3.82. The topological polar surface area (TPSA) is 58.4 Å². The quantitative estimate of drug-likeness (QED) is 0.781. The molecule has 3 N–H and O–H groups in total. The van der Waals surface area contributed by atoms with Crippen molar-refractivity contribution in [3.8, 4) is 0 Å². The van der Waals surface area contributed by atoms with Crippen LogP contribution in [0.4, 0.5) is 0 Å². The van der Waals surface area contributed by atoms with E-state index in [2.05, 4.69) is 17.1 Å². The first-order chi connectivity index (χ1) is 9.63. The Bertz CT molecular complexity index is 307. The van der Waals surface area contributed by atoms with Gasteiger partial charge in [-0.1, -0.05) is 19.3 Å². The molecule has 1 aliphatic carbocycles. The van der Waals surface area contributed by atoms with Crippen molar-refractivity contribution in [3.05, 3.63) is 0 Å². The molecule has 0 aromatic heterocycles. The van der Waals surface area contributed by atoms with Gasteiger partial charge in [-0.15, -0.1) is 0 Å². The highest BCUT2D eigenvalue weighted by atomic mass is 16.1. The second-order valence-corrected chi connectivity index (χ2v) is 6.92. The fourth-order valence-corrected chi connectivity index (χ4v) is 3.82. The molecule has 1 unspecified atom stereocenters. The maximum Gasteiger partial charge on any atom is 0.220 e. The van der Waals surface area contributed by atoms with E-state index in [9.17, 15) is 4.79 Å². The van der Waals surface area contributed by atoms with Crippen molar-refractivity contribution in [2.24, 2.45) is 11.1 Å². The minimum Gasteiger partial charge on any atom is -0.352 e. The van der Waals surface area contributed by atoms with Crippen LogP contribution in [-0.4, -0.2) is 43.0 Å². The molecule has 1 amide bonds. The van der Waals surface area contributed by atoms with Gasteiger partial charge in [0.1, 0.15) is 0 Å². The molecule has 0 radical (unpaired) electrons. The Hall–Kier alpha value is -0.610. The number of amides is 1. The van der Waals surface area contributed by atoms with Crippen LogP contribution in [0.15, 0.2) is 0 Å². The molecule has 1 atom stereocenters. The van der Waals surface area contributed by atoms with E-state index in [1.165, 1.54) is 45.2 Å². The van der Waals surface area contributed by atoms with Gasteiger partial charge in [0.2, 0.25) is 5.91 Å². The van der Waals surface area contributed by atoms with Crippen molar-refractivity contribution in [2.75, 3.05) is 26.2 Å². The molecule has 4 nitrogen and oxygen atoms in total. The molecule has 1 saturated carbocycles. The molecule has 116 valence electrons. The summed E-state index contributed by atoms with van der Waals surface area (Å²) in [6.07, 6.45) is 9.23. The molecule has 1 aliphatic heterocycles. The van der Waals surface area contributed by atoms with Gasteiger partial charge in [-0.2, -0.15) is 0 Å². The Kier molecular flexibility index (Phi) is 5.85. The van der Waals surface area contributed by atoms with Crippen LogP contribution in [0.1, 0.15) is 58.3 Å². The molecule has 2 aliphatic rings. The third-order valence-electron chi connectivity index (χ3n) is 5.02. The second-order valence-electron chi connectivity index (χ2n) is 6.92. The summed E-state index contributed by atoms with van der Waals surface area (Å²) >= 11 is 0. The molecule has 0 aromatic rings. The summed E-state index contributed by atoms with van der Waals surface area (Å²) in [7, 11) is 0. The van der Waals surface area contributed by atoms with E-state index in [-0.39, 0.29) is 17.4 Å². The van der Waals surface area contributed by atoms with Crippen LogP contribution in [0, 0.1) is 5.41 Å². The standard InChI is InChI=1S/C16H31N3O/c1-14(12-19-9-5-6-10-19)18-15(20)11-16(13-17)7-3-2-4-8-16/h14H,2-13,17H2,1H3,(H,18,20). The molecule has 2 fully saturated rings. The van der Waals surface area contributed by atoms with Crippen molar-refractivity contribution in [1.29, 1.82) is 0 Å². The number of hydrogen-bond acceptors (Lipinski definition) is 3. The number of carbonyl (C=O) groups excluding carboxylic acids is 1. The lowest BCUT2D eigenvalue weighted by molar-refractivity contribution is -0.124. The third kappa shape index (κ3) is 4.45. The molecule has 4 heteroatoms. The molecule has 0 spiro atoms. The zero-order valence-electron chi connectivity index (χ0n) is 13.0. The largest absolute Gasteiger partial charge is 0.352 e. The normalized spacial score (nSPS) is 24.5. The van der Waals surface area contributed by atoms with E-state index in [0.717, 1.165) is 19.4 Å². The van der Waals surface area contributed by atoms with Crippen LogP contribution in [0.5, 0.6) is 0 Å². The van der Waals surface area contributed by atoms with Gasteiger partial charge in [-0.3, -0.25) is 4.79 Å². The summed E-state index contributed by atoms with van der Waals surface area (Å²) in [5.74, 6) is 0.198. The third-order valence-corrected chi connectivity index (χ3v) is 5.02. The van der Waals surface area contributed by atoms with Crippen LogP contribution in [0.25, 0.3) is 0 Å². The first-order valence-corrected chi connectivity index (χ1v) is 8.35. The van der Waals surface area contributed by atoms with Gasteiger partial charge in [0.05, 0.1) is 0 Å².